The Morgan fingerprint density at radius 1 is 1.39 bits per heavy atom. The number of aryl methyl sites for hydroxylation is 1. The van der Waals surface area contributed by atoms with Crippen LogP contribution in [0.5, 0.6) is 0 Å². The van der Waals surface area contributed by atoms with Gasteiger partial charge in [0.05, 0.1) is 12.1 Å². The fraction of sp³-hybridized carbons (Fsp3) is 0.692. The average Bonchev–Trinajstić information content (AvgIpc) is 2.82. The van der Waals surface area contributed by atoms with Gasteiger partial charge in [0.15, 0.2) is 0 Å². The first-order chi connectivity index (χ1) is 8.76. The normalized spacial score (nSPS) is 18.6. The summed E-state index contributed by atoms with van der Waals surface area (Å²) in [4.78, 5) is 8.95. The van der Waals surface area contributed by atoms with Gasteiger partial charge in [0, 0.05) is 45.6 Å². The van der Waals surface area contributed by atoms with Gasteiger partial charge >= 0.3 is 0 Å². The maximum atomic E-state index is 9.18. The van der Waals surface area contributed by atoms with Crippen LogP contribution in [0.15, 0.2) is 12.4 Å². The third-order valence-corrected chi connectivity index (χ3v) is 3.54. The summed E-state index contributed by atoms with van der Waals surface area (Å²) >= 11 is 0. The molecule has 1 aromatic heterocycles. The van der Waals surface area contributed by atoms with Crippen molar-refractivity contribution >= 4 is 5.95 Å². The van der Waals surface area contributed by atoms with Crippen LogP contribution in [0.2, 0.25) is 0 Å². The van der Waals surface area contributed by atoms with Crippen LogP contribution < -0.4 is 4.90 Å². The Balaban J connectivity index is 1.92. The van der Waals surface area contributed by atoms with Gasteiger partial charge < -0.3 is 9.47 Å². The van der Waals surface area contributed by atoms with Gasteiger partial charge in [-0.25, -0.2) is 4.98 Å². The molecule has 1 aromatic rings. The van der Waals surface area contributed by atoms with Gasteiger partial charge in [-0.05, 0) is 6.42 Å². The Hall–Kier alpha value is -1.54. The molecule has 18 heavy (non-hydrogen) atoms. The topological polar surface area (TPSA) is 48.1 Å². The first-order valence-electron chi connectivity index (χ1n) is 6.62. The summed E-state index contributed by atoms with van der Waals surface area (Å²) in [7, 11) is 2.02. The molecule has 0 radical (unpaired) electrons. The monoisotopic (exact) mass is 247 g/mol. The summed E-state index contributed by atoms with van der Waals surface area (Å²) in [6.45, 7) is 5.93. The molecule has 0 aliphatic carbocycles. The van der Waals surface area contributed by atoms with Crippen LogP contribution in [0.25, 0.3) is 0 Å². The van der Waals surface area contributed by atoms with Gasteiger partial charge in [-0.15, -0.1) is 0 Å². The molecule has 1 aliphatic heterocycles. The predicted molar refractivity (Wildman–Crippen MR) is 71.3 cm³/mol. The Labute approximate surface area is 109 Å². The quantitative estimate of drug-likeness (QED) is 0.803. The number of nitriles is 1. The molecule has 2 heterocycles. The minimum absolute atomic E-state index is 0.0820. The van der Waals surface area contributed by atoms with Crippen molar-refractivity contribution in [3.8, 4) is 6.07 Å². The van der Waals surface area contributed by atoms with Gasteiger partial charge in [0.1, 0.15) is 0 Å². The molecule has 98 valence electrons. The average molecular weight is 247 g/mol. The molecule has 1 unspecified atom stereocenters. The summed E-state index contributed by atoms with van der Waals surface area (Å²) < 4.78 is 2.05. The van der Waals surface area contributed by atoms with E-state index in [1.165, 1.54) is 0 Å². The van der Waals surface area contributed by atoms with Crippen LogP contribution in [0.1, 0.15) is 19.8 Å². The van der Waals surface area contributed by atoms with E-state index in [4.69, 9.17) is 0 Å². The first-order valence-corrected chi connectivity index (χ1v) is 6.62. The molecule has 1 saturated heterocycles. The van der Waals surface area contributed by atoms with Crippen molar-refractivity contribution in [2.75, 3.05) is 31.1 Å². The Morgan fingerprint density at radius 2 is 2.11 bits per heavy atom. The van der Waals surface area contributed by atoms with E-state index in [2.05, 4.69) is 27.8 Å². The highest BCUT2D eigenvalue weighted by Gasteiger charge is 2.24. The van der Waals surface area contributed by atoms with Crippen LogP contribution in [0.4, 0.5) is 5.95 Å². The van der Waals surface area contributed by atoms with Crippen LogP contribution >= 0.6 is 0 Å². The third kappa shape index (κ3) is 2.65. The number of rotatable bonds is 4. The molecule has 0 saturated carbocycles. The van der Waals surface area contributed by atoms with Crippen molar-refractivity contribution in [1.29, 1.82) is 5.26 Å². The van der Waals surface area contributed by atoms with Crippen molar-refractivity contribution in [2.24, 2.45) is 7.05 Å². The molecule has 0 spiro atoms. The Bertz CT molecular complexity index is 411. The number of anilines is 1. The molecule has 0 N–H and O–H groups in total. The van der Waals surface area contributed by atoms with Crippen LogP contribution in [-0.2, 0) is 7.05 Å². The number of piperazine rings is 1. The minimum Gasteiger partial charge on any atom is -0.340 e. The third-order valence-electron chi connectivity index (χ3n) is 3.54. The van der Waals surface area contributed by atoms with Crippen molar-refractivity contribution in [2.45, 2.75) is 25.8 Å². The fourth-order valence-corrected chi connectivity index (χ4v) is 2.50. The second-order valence-electron chi connectivity index (χ2n) is 4.79. The molecule has 0 bridgehead atoms. The van der Waals surface area contributed by atoms with E-state index < -0.39 is 0 Å². The number of aromatic nitrogens is 2. The van der Waals surface area contributed by atoms with E-state index in [0.29, 0.717) is 0 Å². The van der Waals surface area contributed by atoms with Crippen molar-refractivity contribution in [3.63, 3.8) is 0 Å². The van der Waals surface area contributed by atoms with E-state index in [0.717, 1.165) is 45.0 Å². The number of nitrogens with zero attached hydrogens (tertiary/aromatic N) is 5. The van der Waals surface area contributed by atoms with Gasteiger partial charge in [0.25, 0.3) is 0 Å². The summed E-state index contributed by atoms with van der Waals surface area (Å²) in [5.41, 5.74) is 0. The maximum absolute atomic E-state index is 9.18. The molecule has 1 atom stereocenters. The molecular weight excluding hydrogens is 226 g/mol. The summed E-state index contributed by atoms with van der Waals surface area (Å²) in [5, 5.41) is 9.18. The van der Waals surface area contributed by atoms with Gasteiger partial charge in [-0.2, -0.15) is 5.26 Å². The lowest BCUT2D eigenvalue weighted by Gasteiger charge is -2.37. The molecule has 0 amide bonds. The van der Waals surface area contributed by atoms with Crippen molar-refractivity contribution in [1.82, 2.24) is 14.5 Å². The summed E-state index contributed by atoms with van der Waals surface area (Å²) in [6.07, 6.45) is 5.84. The molecule has 2 rings (SSSR count). The summed E-state index contributed by atoms with van der Waals surface area (Å²) in [5.74, 6) is 1.03. The van der Waals surface area contributed by atoms with Crippen LogP contribution in [-0.4, -0.2) is 46.7 Å². The lowest BCUT2D eigenvalue weighted by molar-refractivity contribution is 0.210. The molecular formula is C13H21N5. The maximum Gasteiger partial charge on any atom is 0.205 e. The number of hydrogen-bond donors (Lipinski definition) is 0. The second kappa shape index (κ2) is 5.87. The van der Waals surface area contributed by atoms with E-state index in [1.54, 1.807) is 0 Å². The molecule has 5 heteroatoms. The van der Waals surface area contributed by atoms with E-state index in [-0.39, 0.29) is 6.04 Å². The highest BCUT2D eigenvalue weighted by molar-refractivity contribution is 5.31. The lowest BCUT2D eigenvalue weighted by atomic mass is 10.1. The van der Waals surface area contributed by atoms with E-state index >= 15 is 0 Å². The van der Waals surface area contributed by atoms with Gasteiger partial charge in [-0.3, -0.25) is 4.90 Å². The largest absolute Gasteiger partial charge is 0.340 e. The van der Waals surface area contributed by atoms with Crippen LogP contribution in [0, 0.1) is 11.3 Å². The standard InChI is InChI=1S/C13H21N5/c1-3-4-12(11-14)17-7-9-18(10-8-17)13-15-5-6-16(13)2/h5-6,12H,3-4,7-10H2,1-2H3. The van der Waals surface area contributed by atoms with E-state index in [9.17, 15) is 5.26 Å². The van der Waals surface area contributed by atoms with E-state index in [1.807, 2.05) is 24.0 Å². The second-order valence-corrected chi connectivity index (χ2v) is 4.79. The molecule has 1 fully saturated rings. The molecule has 1 aliphatic rings. The lowest BCUT2D eigenvalue weighted by Crippen LogP contribution is -2.50. The molecule has 0 aromatic carbocycles. The Kier molecular flexibility index (Phi) is 4.21. The zero-order valence-electron chi connectivity index (χ0n) is 11.2. The Morgan fingerprint density at radius 3 is 2.61 bits per heavy atom. The van der Waals surface area contributed by atoms with Crippen molar-refractivity contribution in [3.05, 3.63) is 12.4 Å². The SMILES string of the molecule is CCCC(C#N)N1CCN(c2nccn2C)CC1. The minimum atomic E-state index is 0.0820. The zero-order valence-corrected chi connectivity index (χ0v) is 11.2. The van der Waals surface area contributed by atoms with Crippen LogP contribution in [0.3, 0.4) is 0 Å². The number of hydrogen-bond acceptors (Lipinski definition) is 4. The zero-order chi connectivity index (χ0) is 13.0. The number of imidazole rings is 1. The first kappa shape index (κ1) is 12.9. The smallest absolute Gasteiger partial charge is 0.205 e. The summed E-state index contributed by atoms with van der Waals surface area (Å²) in [6, 6.07) is 2.50. The predicted octanol–water partition coefficient (Wildman–Crippen LogP) is 1.23. The van der Waals surface area contributed by atoms with Crippen molar-refractivity contribution < 1.29 is 0 Å². The van der Waals surface area contributed by atoms with Gasteiger partial charge in [0.2, 0.25) is 5.95 Å². The van der Waals surface area contributed by atoms with Gasteiger partial charge in [-0.1, -0.05) is 13.3 Å². The highest BCUT2D eigenvalue weighted by Crippen LogP contribution is 2.15. The molecule has 5 nitrogen and oxygen atoms in total. The fourth-order valence-electron chi connectivity index (χ4n) is 2.50. The highest BCUT2D eigenvalue weighted by atomic mass is 15.3.